The second-order valence-corrected chi connectivity index (χ2v) is 6.55. The van der Waals surface area contributed by atoms with Gasteiger partial charge < -0.3 is 9.47 Å². The molecule has 21 heavy (non-hydrogen) atoms. The summed E-state index contributed by atoms with van der Waals surface area (Å²) in [6.07, 6.45) is 2.12. The van der Waals surface area contributed by atoms with E-state index in [1.165, 1.54) is 0 Å². The molecule has 124 valence electrons. The van der Waals surface area contributed by atoms with E-state index in [9.17, 15) is 4.79 Å². The molecule has 0 aromatic carbocycles. The largest absolute Gasteiger partial charge is 0.465 e. The second kappa shape index (κ2) is 8.11. The van der Waals surface area contributed by atoms with Crippen LogP contribution in [0.3, 0.4) is 0 Å². The van der Waals surface area contributed by atoms with Crippen LogP contribution in [-0.2, 0) is 14.3 Å². The Hall–Kier alpha value is -0.650. The Morgan fingerprint density at radius 3 is 2.57 bits per heavy atom. The van der Waals surface area contributed by atoms with Crippen molar-refractivity contribution in [2.75, 3.05) is 26.8 Å². The summed E-state index contributed by atoms with van der Waals surface area (Å²) in [6.45, 7) is 12.5. The molecule has 0 aromatic rings. The molecule has 1 aliphatic rings. The topological polar surface area (TPSA) is 50.8 Å². The lowest BCUT2D eigenvalue weighted by Gasteiger charge is -2.36. The first-order chi connectivity index (χ1) is 9.82. The molecule has 0 saturated carbocycles. The van der Waals surface area contributed by atoms with Crippen LogP contribution in [0.5, 0.6) is 0 Å². The molecular formula is C16H32N2O3. The molecule has 0 radical (unpaired) electrons. The maximum absolute atomic E-state index is 12.3. The number of hydrogen-bond acceptors (Lipinski definition) is 5. The van der Waals surface area contributed by atoms with E-state index in [-0.39, 0.29) is 12.0 Å². The molecular weight excluding hydrogens is 268 g/mol. The van der Waals surface area contributed by atoms with E-state index in [4.69, 9.17) is 9.47 Å². The van der Waals surface area contributed by atoms with Crippen molar-refractivity contribution in [2.45, 2.75) is 71.2 Å². The first-order valence-corrected chi connectivity index (χ1v) is 8.04. The maximum Gasteiger partial charge on any atom is 0.326 e. The summed E-state index contributed by atoms with van der Waals surface area (Å²) in [5.74, 6) is -0.159. The van der Waals surface area contributed by atoms with Gasteiger partial charge in [-0.25, -0.2) is 0 Å². The number of esters is 1. The van der Waals surface area contributed by atoms with Crippen LogP contribution in [0, 0.1) is 0 Å². The number of hydrogen-bond donors (Lipinski definition) is 1. The molecule has 3 atom stereocenters. The quantitative estimate of drug-likeness (QED) is 0.693. The van der Waals surface area contributed by atoms with E-state index in [1.807, 2.05) is 13.8 Å². The SMILES string of the molecule is CCOC(=O)C(C)(CC(C)N1CCC(OC)C1)NC(C)C. The van der Waals surface area contributed by atoms with Crippen LogP contribution in [0.15, 0.2) is 0 Å². The number of likely N-dealkylation sites (tertiary alicyclic amines) is 1. The van der Waals surface area contributed by atoms with Crippen molar-refractivity contribution in [3.8, 4) is 0 Å². The highest BCUT2D eigenvalue weighted by molar-refractivity contribution is 5.80. The third-order valence-corrected chi connectivity index (χ3v) is 4.17. The van der Waals surface area contributed by atoms with Crippen LogP contribution in [0.2, 0.25) is 0 Å². The van der Waals surface area contributed by atoms with Gasteiger partial charge in [-0.3, -0.25) is 15.0 Å². The van der Waals surface area contributed by atoms with Crippen molar-refractivity contribution >= 4 is 5.97 Å². The predicted octanol–water partition coefficient (Wildman–Crippen LogP) is 1.81. The summed E-state index contributed by atoms with van der Waals surface area (Å²) in [5, 5.41) is 3.39. The van der Waals surface area contributed by atoms with Gasteiger partial charge in [0, 0.05) is 32.3 Å². The molecule has 1 aliphatic heterocycles. The minimum absolute atomic E-state index is 0.159. The summed E-state index contributed by atoms with van der Waals surface area (Å²) < 4.78 is 10.7. The normalized spacial score (nSPS) is 24.0. The monoisotopic (exact) mass is 300 g/mol. The van der Waals surface area contributed by atoms with Gasteiger partial charge in [0.25, 0.3) is 0 Å². The first kappa shape index (κ1) is 18.4. The van der Waals surface area contributed by atoms with Gasteiger partial charge in [0.2, 0.25) is 0 Å². The molecule has 1 rings (SSSR count). The lowest BCUT2D eigenvalue weighted by Crippen LogP contribution is -2.56. The molecule has 5 nitrogen and oxygen atoms in total. The zero-order valence-electron chi connectivity index (χ0n) is 14.4. The Labute approximate surface area is 129 Å². The lowest BCUT2D eigenvalue weighted by molar-refractivity contribution is -0.151. The van der Waals surface area contributed by atoms with E-state index >= 15 is 0 Å². The Morgan fingerprint density at radius 2 is 2.10 bits per heavy atom. The molecule has 0 spiro atoms. The zero-order valence-corrected chi connectivity index (χ0v) is 14.4. The summed E-state index contributed by atoms with van der Waals surface area (Å²) in [7, 11) is 1.77. The van der Waals surface area contributed by atoms with E-state index in [0.717, 1.165) is 25.9 Å². The standard InChI is InChI=1S/C16H32N2O3/c1-7-21-15(19)16(5,17-12(2)3)10-13(4)18-9-8-14(11-18)20-6/h12-14,17H,7-11H2,1-6H3. The van der Waals surface area contributed by atoms with Gasteiger partial charge in [-0.1, -0.05) is 0 Å². The van der Waals surface area contributed by atoms with Crippen LogP contribution in [0.1, 0.15) is 47.5 Å². The summed E-state index contributed by atoms with van der Waals surface area (Å²) in [5.41, 5.74) is -0.644. The summed E-state index contributed by atoms with van der Waals surface area (Å²) in [4.78, 5) is 14.7. The molecule has 0 bridgehead atoms. The second-order valence-electron chi connectivity index (χ2n) is 6.55. The lowest BCUT2D eigenvalue weighted by atomic mass is 9.92. The minimum Gasteiger partial charge on any atom is -0.465 e. The third kappa shape index (κ3) is 5.24. The fourth-order valence-corrected chi connectivity index (χ4v) is 3.20. The maximum atomic E-state index is 12.3. The average Bonchev–Trinajstić information content (AvgIpc) is 2.86. The average molecular weight is 300 g/mol. The number of carbonyl (C=O) groups excluding carboxylic acids is 1. The minimum atomic E-state index is -0.644. The molecule has 3 unspecified atom stereocenters. The Balaban J connectivity index is 2.69. The van der Waals surface area contributed by atoms with Gasteiger partial charge in [-0.05, 0) is 47.5 Å². The van der Waals surface area contributed by atoms with Gasteiger partial charge in [0.05, 0.1) is 12.7 Å². The molecule has 1 N–H and O–H groups in total. The number of methoxy groups -OCH3 is 1. The highest BCUT2D eigenvalue weighted by atomic mass is 16.5. The van der Waals surface area contributed by atoms with Gasteiger partial charge in [-0.2, -0.15) is 0 Å². The molecule has 1 heterocycles. The van der Waals surface area contributed by atoms with Crippen molar-refractivity contribution in [1.29, 1.82) is 0 Å². The van der Waals surface area contributed by atoms with Crippen LogP contribution in [0.4, 0.5) is 0 Å². The molecule has 0 aliphatic carbocycles. The first-order valence-electron chi connectivity index (χ1n) is 8.04. The van der Waals surface area contributed by atoms with Crippen LogP contribution in [0.25, 0.3) is 0 Å². The van der Waals surface area contributed by atoms with Crippen molar-refractivity contribution in [2.24, 2.45) is 0 Å². The van der Waals surface area contributed by atoms with E-state index in [1.54, 1.807) is 7.11 Å². The van der Waals surface area contributed by atoms with E-state index in [2.05, 4.69) is 31.0 Å². The van der Waals surface area contributed by atoms with Crippen LogP contribution in [-0.4, -0.2) is 61.4 Å². The van der Waals surface area contributed by atoms with Gasteiger partial charge in [-0.15, -0.1) is 0 Å². The van der Waals surface area contributed by atoms with Crippen LogP contribution < -0.4 is 5.32 Å². The number of nitrogens with one attached hydrogen (secondary N) is 1. The fourth-order valence-electron chi connectivity index (χ4n) is 3.20. The van der Waals surface area contributed by atoms with E-state index in [0.29, 0.717) is 18.8 Å². The van der Waals surface area contributed by atoms with Gasteiger partial charge in [0.15, 0.2) is 0 Å². The fraction of sp³-hybridized carbons (Fsp3) is 0.938. The van der Waals surface area contributed by atoms with Gasteiger partial charge >= 0.3 is 5.97 Å². The predicted molar refractivity (Wildman–Crippen MR) is 84.4 cm³/mol. The molecule has 0 aromatic heterocycles. The smallest absolute Gasteiger partial charge is 0.326 e. The third-order valence-electron chi connectivity index (χ3n) is 4.17. The van der Waals surface area contributed by atoms with Gasteiger partial charge in [0.1, 0.15) is 5.54 Å². The Bertz CT molecular complexity index is 335. The van der Waals surface area contributed by atoms with Crippen molar-refractivity contribution < 1.29 is 14.3 Å². The Morgan fingerprint density at radius 1 is 1.43 bits per heavy atom. The highest BCUT2D eigenvalue weighted by Gasteiger charge is 2.39. The summed E-state index contributed by atoms with van der Waals surface area (Å²) in [6, 6.07) is 0.544. The zero-order chi connectivity index (χ0) is 16.0. The number of nitrogens with zero attached hydrogens (tertiary/aromatic N) is 1. The van der Waals surface area contributed by atoms with Crippen LogP contribution >= 0.6 is 0 Å². The van der Waals surface area contributed by atoms with Crippen molar-refractivity contribution in [3.05, 3.63) is 0 Å². The molecule has 1 saturated heterocycles. The van der Waals surface area contributed by atoms with E-state index < -0.39 is 5.54 Å². The summed E-state index contributed by atoms with van der Waals surface area (Å²) >= 11 is 0. The number of carbonyl (C=O) groups is 1. The molecule has 0 amide bonds. The number of rotatable bonds is 8. The molecule has 5 heteroatoms. The Kier molecular flexibility index (Phi) is 7.10. The van der Waals surface area contributed by atoms with Crippen molar-refractivity contribution in [1.82, 2.24) is 10.2 Å². The van der Waals surface area contributed by atoms with Crippen molar-refractivity contribution in [3.63, 3.8) is 0 Å². The molecule has 1 fully saturated rings. The number of ether oxygens (including phenoxy) is 2. The highest BCUT2D eigenvalue weighted by Crippen LogP contribution is 2.23.